The fourth-order valence-corrected chi connectivity index (χ4v) is 3.44. The number of allylic oxidation sites excluding steroid dienone is 1. The zero-order chi connectivity index (χ0) is 18.9. The maximum atomic E-state index is 5.41. The van der Waals surface area contributed by atoms with Gasteiger partial charge in [0.25, 0.3) is 0 Å². The monoisotopic (exact) mass is 366 g/mol. The van der Waals surface area contributed by atoms with Gasteiger partial charge < -0.3 is 15.4 Å². The van der Waals surface area contributed by atoms with Crippen molar-refractivity contribution in [3.8, 4) is 5.75 Å². The molecule has 0 spiro atoms. The number of hydrogen-bond donors (Lipinski definition) is 2. The number of rotatable bonds is 9. The molecule has 1 aromatic carbocycles. The van der Waals surface area contributed by atoms with Crippen LogP contribution in [0.3, 0.4) is 0 Å². The quantitative estimate of drug-likeness (QED) is 0.627. The number of methoxy groups -OCH3 is 1. The van der Waals surface area contributed by atoms with Gasteiger partial charge in [0, 0.05) is 24.8 Å². The second-order valence-electron chi connectivity index (χ2n) is 6.99. The lowest BCUT2D eigenvalue weighted by Crippen LogP contribution is -2.12. The molecule has 0 amide bonds. The summed E-state index contributed by atoms with van der Waals surface area (Å²) in [6, 6.07) is 10.1. The number of aromatic nitrogens is 2. The van der Waals surface area contributed by atoms with E-state index in [-0.39, 0.29) is 0 Å². The van der Waals surface area contributed by atoms with Gasteiger partial charge in [0.1, 0.15) is 11.6 Å². The Morgan fingerprint density at radius 1 is 1.04 bits per heavy atom. The van der Waals surface area contributed by atoms with Gasteiger partial charge in [-0.15, -0.1) is 0 Å². The highest BCUT2D eigenvalue weighted by molar-refractivity contribution is 5.42. The molecule has 0 atom stereocenters. The van der Waals surface area contributed by atoms with E-state index < -0.39 is 0 Å². The first kappa shape index (κ1) is 19.2. The van der Waals surface area contributed by atoms with Crippen LogP contribution >= 0.6 is 0 Å². The zero-order valence-electron chi connectivity index (χ0n) is 16.4. The van der Waals surface area contributed by atoms with Crippen LogP contribution < -0.4 is 15.4 Å². The smallest absolute Gasteiger partial charge is 0.224 e. The van der Waals surface area contributed by atoms with Crippen molar-refractivity contribution in [2.45, 2.75) is 45.4 Å². The van der Waals surface area contributed by atoms with Crippen LogP contribution in [0.5, 0.6) is 5.75 Å². The van der Waals surface area contributed by atoms with Crippen LogP contribution in [0.4, 0.5) is 11.8 Å². The first-order chi connectivity index (χ1) is 13.2. The normalized spacial score (nSPS) is 13.8. The largest absolute Gasteiger partial charge is 0.496 e. The molecule has 1 aliphatic rings. The van der Waals surface area contributed by atoms with Crippen LogP contribution in [0.15, 0.2) is 42.0 Å². The Morgan fingerprint density at radius 2 is 1.89 bits per heavy atom. The predicted octanol–water partition coefficient (Wildman–Crippen LogP) is 4.75. The van der Waals surface area contributed by atoms with Crippen LogP contribution in [-0.4, -0.2) is 30.2 Å². The summed E-state index contributed by atoms with van der Waals surface area (Å²) >= 11 is 0. The standard InChI is InChI=1S/C22H30N4O/c1-17-16-21(23-14-12-18-8-4-3-5-9-18)26-22(25-17)24-15-13-19-10-6-7-11-20(19)27-2/h6-8,10-11,16H,3-5,9,12-15H2,1-2H3,(H2,23,24,25,26). The van der Waals surface area contributed by atoms with E-state index in [0.29, 0.717) is 5.95 Å². The molecule has 0 saturated heterocycles. The van der Waals surface area contributed by atoms with Crippen molar-refractivity contribution in [2.24, 2.45) is 0 Å². The Labute approximate surface area is 162 Å². The highest BCUT2D eigenvalue weighted by Gasteiger charge is 2.06. The molecule has 27 heavy (non-hydrogen) atoms. The van der Waals surface area contributed by atoms with Crippen molar-refractivity contribution < 1.29 is 4.74 Å². The van der Waals surface area contributed by atoms with Crippen LogP contribution in [0, 0.1) is 6.92 Å². The fourth-order valence-electron chi connectivity index (χ4n) is 3.44. The van der Waals surface area contributed by atoms with Gasteiger partial charge in [-0.05, 0) is 57.1 Å². The second-order valence-corrected chi connectivity index (χ2v) is 6.99. The van der Waals surface area contributed by atoms with Gasteiger partial charge in [0.05, 0.1) is 7.11 Å². The number of nitrogens with one attached hydrogen (secondary N) is 2. The average molecular weight is 367 g/mol. The zero-order valence-corrected chi connectivity index (χ0v) is 16.4. The Balaban J connectivity index is 1.51. The minimum Gasteiger partial charge on any atom is -0.496 e. The summed E-state index contributed by atoms with van der Waals surface area (Å²) in [5, 5.41) is 6.78. The van der Waals surface area contributed by atoms with E-state index in [0.717, 1.165) is 43.2 Å². The minimum absolute atomic E-state index is 0.671. The fraction of sp³-hybridized carbons (Fsp3) is 0.455. The summed E-state index contributed by atoms with van der Waals surface area (Å²) in [4.78, 5) is 9.11. The molecule has 5 nitrogen and oxygen atoms in total. The highest BCUT2D eigenvalue weighted by atomic mass is 16.5. The lowest BCUT2D eigenvalue weighted by atomic mass is 9.97. The van der Waals surface area contributed by atoms with Crippen molar-refractivity contribution in [3.63, 3.8) is 0 Å². The van der Waals surface area contributed by atoms with Gasteiger partial charge in [0.2, 0.25) is 5.95 Å². The van der Waals surface area contributed by atoms with E-state index >= 15 is 0 Å². The Kier molecular flexibility index (Phi) is 7.08. The molecule has 1 aromatic heterocycles. The first-order valence-electron chi connectivity index (χ1n) is 9.88. The topological polar surface area (TPSA) is 59.1 Å². The number of aryl methyl sites for hydroxylation is 1. The molecule has 0 unspecified atom stereocenters. The third-order valence-corrected chi connectivity index (χ3v) is 4.86. The number of hydrogen-bond acceptors (Lipinski definition) is 5. The molecule has 0 radical (unpaired) electrons. The van der Waals surface area contributed by atoms with Crippen LogP contribution in [0.25, 0.3) is 0 Å². The summed E-state index contributed by atoms with van der Waals surface area (Å²) in [7, 11) is 1.71. The van der Waals surface area contributed by atoms with Crippen molar-refractivity contribution in [3.05, 3.63) is 53.2 Å². The van der Waals surface area contributed by atoms with Crippen molar-refractivity contribution in [1.82, 2.24) is 9.97 Å². The van der Waals surface area contributed by atoms with E-state index in [9.17, 15) is 0 Å². The lowest BCUT2D eigenvalue weighted by Gasteiger charge is -2.14. The molecule has 2 N–H and O–H groups in total. The van der Waals surface area contributed by atoms with Gasteiger partial charge in [0.15, 0.2) is 0 Å². The molecule has 144 valence electrons. The molecule has 2 aromatic rings. The van der Waals surface area contributed by atoms with Crippen LogP contribution in [0.1, 0.15) is 43.4 Å². The number of para-hydroxylation sites is 1. The molecule has 0 aliphatic heterocycles. The number of benzene rings is 1. The van der Waals surface area contributed by atoms with Crippen LogP contribution in [-0.2, 0) is 6.42 Å². The van der Waals surface area contributed by atoms with Crippen LogP contribution in [0.2, 0.25) is 0 Å². The molecule has 5 heteroatoms. The van der Waals surface area contributed by atoms with E-state index in [2.05, 4.69) is 32.7 Å². The molecule has 3 rings (SSSR count). The molecular formula is C22H30N4O. The summed E-state index contributed by atoms with van der Waals surface area (Å²) in [5.74, 6) is 2.48. The van der Waals surface area contributed by atoms with Crippen molar-refractivity contribution in [1.29, 1.82) is 0 Å². The Bertz CT molecular complexity index is 773. The Hall–Kier alpha value is -2.56. The minimum atomic E-state index is 0.671. The SMILES string of the molecule is COc1ccccc1CCNc1nc(C)cc(NCCC2=CCCCC2)n1. The van der Waals surface area contributed by atoms with Gasteiger partial charge in [-0.2, -0.15) is 4.98 Å². The highest BCUT2D eigenvalue weighted by Crippen LogP contribution is 2.20. The maximum absolute atomic E-state index is 5.41. The van der Waals surface area contributed by atoms with Gasteiger partial charge >= 0.3 is 0 Å². The summed E-state index contributed by atoms with van der Waals surface area (Å²) in [6.07, 6.45) is 9.52. The maximum Gasteiger partial charge on any atom is 0.224 e. The summed E-state index contributed by atoms with van der Waals surface area (Å²) < 4.78 is 5.41. The molecule has 0 saturated carbocycles. The number of ether oxygens (including phenoxy) is 1. The third-order valence-electron chi connectivity index (χ3n) is 4.86. The second kappa shape index (κ2) is 9.95. The molecule has 0 fully saturated rings. The van der Waals surface area contributed by atoms with E-state index in [1.165, 1.54) is 31.2 Å². The predicted molar refractivity (Wildman–Crippen MR) is 112 cm³/mol. The molecule has 1 aliphatic carbocycles. The molecular weight excluding hydrogens is 336 g/mol. The van der Waals surface area contributed by atoms with Crippen molar-refractivity contribution >= 4 is 11.8 Å². The number of nitrogens with zero attached hydrogens (tertiary/aromatic N) is 2. The molecule has 0 bridgehead atoms. The van der Waals surface area contributed by atoms with Gasteiger partial charge in [-0.1, -0.05) is 29.8 Å². The van der Waals surface area contributed by atoms with E-state index in [1.807, 2.05) is 31.2 Å². The summed E-state index contributed by atoms with van der Waals surface area (Å²) in [6.45, 7) is 3.68. The summed E-state index contributed by atoms with van der Waals surface area (Å²) in [5.41, 5.74) is 3.72. The Morgan fingerprint density at radius 3 is 2.70 bits per heavy atom. The third kappa shape index (κ3) is 5.98. The van der Waals surface area contributed by atoms with Gasteiger partial charge in [-0.25, -0.2) is 4.98 Å². The van der Waals surface area contributed by atoms with Gasteiger partial charge in [-0.3, -0.25) is 0 Å². The average Bonchev–Trinajstić information content (AvgIpc) is 2.69. The first-order valence-corrected chi connectivity index (χ1v) is 9.88. The number of anilines is 2. The van der Waals surface area contributed by atoms with E-state index in [4.69, 9.17) is 4.74 Å². The lowest BCUT2D eigenvalue weighted by molar-refractivity contribution is 0.410. The molecule has 1 heterocycles. The van der Waals surface area contributed by atoms with Crippen molar-refractivity contribution in [2.75, 3.05) is 30.8 Å². The van der Waals surface area contributed by atoms with E-state index in [1.54, 1.807) is 12.7 Å².